The topological polar surface area (TPSA) is 41.1 Å². The molecule has 0 amide bonds. The summed E-state index contributed by atoms with van der Waals surface area (Å²) in [5.74, 6) is 1.77. The molecule has 2 rings (SSSR count). The zero-order chi connectivity index (χ0) is 13.9. The van der Waals surface area contributed by atoms with E-state index in [4.69, 9.17) is 4.98 Å². The van der Waals surface area contributed by atoms with Gasteiger partial charge in [0, 0.05) is 25.8 Å². The Morgan fingerprint density at radius 3 is 2.79 bits per heavy atom. The van der Waals surface area contributed by atoms with E-state index in [1.54, 1.807) is 0 Å². The van der Waals surface area contributed by atoms with E-state index in [9.17, 15) is 0 Å². The van der Waals surface area contributed by atoms with Crippen LogP contribution in [0.3, 0.4) is 0 Å². The fourth-order valence-corrected chi connectivity index (χ4v) is 2.56. The summed E-state index contributed by atoms with van der Waals surface area (Å²) in [6, 6.07) is 0. The Morgan fingerprint density at radius 2 is 2.16 bits per heavy atom. The third kappa shape index (κ3) is 3.66. The van der Waals surface area contributed by atoms with Crippen LogP contribution in [0.5, 0.6) is 0 Å². The summed E-state index contributed by atoms with van der Waals surface area (Å²) in [6.45, 7) is 13.0. The third-order valence-electron chi connectivity index (χ3n) is 3.96. The predicted octanol–water partition coefficient (Wildman–Crippen LogP) is 2.46. The van der Waals surface area contributed by atoms with Crippen LogP contribution in [0.2, 0.25) is 0 Å². The molecule has 1 aromatic heterocycles. The Hall–Kier alpha value is -1.16. The van der Waals surface area contributed by atoms with E-state index in [1.165, 1.54) is 6.42 Å². The molecule has 1 saturated heterocycles. The lowest BCUT2D eigenvalue weighted by molar-refractivity contribution is 0.263. The molecule has 106 valence electrons. The SMILES string of the molecule is CCNCc1cncc(N2CCC(C(C)(C)C)C2)n1. The van der Waals surface area contributed by atoms with Crippen LogP contribution in [0.15, 0.2) is 12.4 Å². The molecular formula is C15H26N4. The van der Waals surface area contributed by atoms with E-state index in [-0.39, 0.29) is 0 Å². The van der Waals surface area contributed by atoms with Gasteiger partial charge in [-0.25, -0.2) is 4.98 Å². The van der Waals surface area contributed by atoms with Crippen molar-refractivity contribution < 1.29 is 0 Å². The van der Waals surface area contributed by atoms with Gasteiger partial charge in [-0.05, 0) is 24.3 Å². The standard InChI is InChI=1S/C15H26N4/c1-5-16-8-13-9-17-10-14(18-13)19-7-6-12(11-19)15(2,3)4/h9-10,12,16H,5-8,11H2,1-4H3. The molecule has 0 bridgehead atoms. The number of aromatic nitrogens is 2. The van der Waals surface area contributed by atoms with Crippen LogP contribution in [-0.4, -0.2) is 29.6 Å². The summed E-state index contributed by atoms with van der Waals surface area (Å²) in [5.41, 5.74) is 1.40. The average molecular weight is 262 g/mol. The molecule has 1 aliphatic heterocycles. The molecule has 0 spiro atoms. The number of hydrogen-bond donors (Lipinski definition) is 1. The molecule has 1 atom stereocenters. The highest BCUT2D eigenvalue weighted by atomic mass is 15.2. The van der Waals surface area contributed by atoms with Gasteiger partial charge >= 0.3 is 0 Å². The molecule has 1 unspecified atom stereocenters. The van der Waals surface area contributed by atoms with Gasteiger partial charge in [0.15, 0.2) is 0 Å². The van der Waals surface area contributed by atoms with Crippen LogP contribution < -0.4 is 10.2 Å². The maximum Gasteiger partial charge on any atom is 0.147 e. The first-order chi connectivity index (χ1) is 9.00. The van der Waals surface area contributed by atoms with Crippen LogP contribution >= 0.6 is 0 Å². The van der Waals surface area contributed by atoms with Crippen LogP contribution in [-0.2, 0) is 6.54 Å². The van der Waals surface area contributed by atoms with E-state index in [0.29, 0.717) is 5.41 Å². The van der Waals surface area contributed by atoms with E-state index < -0.39 is 0 Å². The molecule has 0 saturated carbocycles. The zero-order valence-electron chi connectivity index (χ0n) is 12.6. The second-order valence-corrected chi connectivity index (χ2v) is 6.45. The second kappa shape index (κ2) is 5.87. The van der Waals surface area contributed by atoms with E-state index in [2.05, 4.69) is 42.9 Å². The molecule has 19 heavy (non-hydrogen) atoms. The van der Waals surface area contributed by atoms with E-state index in [0.717, 1.165) is 43.6 Å². The summed E-state index contributed by atoms with van der Waals surface area (Å²) in [4.78, 5) is 11.4. The third-order valence-corrected chi connectivity index (χ3v) is 3.96. The highest BCUT2D eigenvalue weighted by Crippen LogP contribution is 2.34. The summed E-state index contributed by atoms with van der Waals surface area (Å²) >= 11 is 0. The summed E-state index contributed by atoms with van der Waals surface area (Å²) in [5, 5.41) is 3.29. The smallest absolute Gasteiger partial charge is 0.147 e. The first-order valence-electron chi connectivity index (χ1n) is 7.27. The highest BCUT2D eigenvalue weighted by molar-refractivity contribution is 5.38. The van der Waals surface area contributed by atoms with Gasteiger partial charge in [0.1, 0.15) is 5.82 Å². The van der Waals surface area contributed by atoms with Crippen molar-refractivity contribution in [2.24, 2.45) is 11.3 Å². The highest BCUT2D eigenvalue weighted by Gasteiger charge is 2.32. The van der Waals surface area contributed by atoms with Gasteiger partial charge in [-0.2, -0.15) is 0 Å². The lowest BCUT2D eigenvalue weighted by Gasteiger charge is -2.27. The van der Waals surface area contributed by atoms with Gasteiger partial charge in [-0.1, -0.05) is 27.7 Å². The van der Waals surface area contributed by atoms with Crippen LogP contribution in [0, 0.1) is 11.3 Å². The molecule has 1 aliphatic rings. The van der Waals surface area contributed by atoms with Crippen LogP contribution in [0.1, 0.15) is 39.8 Å². The fourth-order valence-electron chi connectivity index (χ4n) is 2.56. The van der Waals surface area contributed by atoms with Crippen molar-refractivity contribution in [1.29, 1.82) is 0 Å². The Morgan fingerprint density at radius 1 is 1.37 bits per heavy atom. The minimum Gasteiger partial charge on any atom is -0.355 e. The number of nitrogens with zero attached hydrogens (tertiary/aromatic N) is 3. The summed E-state index contributed by atoms with van der Waals surface area (Å²) in [6.07, 6.45) is 4.99. The lowest BCUT2D eigenvalue weighted by Crippen LogP contribution is -2.26. The van der Waals surface area contributed by atoms with Crippen molar-refractivity contribution in [2.75, 3.05) is 24.5 Å². The van der Waals surface area contributed by atoms with Crippen molar-refractivity contribution in [2.45, 2.75) is 40.7 Å². The van der Waals surface area contributed by atoms with Gasteiger partial charge < -0.3 is 10.2 Å². The number of hydrogen-bond acceptors (Lipinski definition) is 4. The largest absolute Gasteiger partial charge is 0.355 e. The quantitative estimate of drug-likeness (QED) is 0.905. The van der Waals surface area contributed by atoms with Gasteiger partial charge in [-0.15, -0.1) is 0 Å². The van der Waals surface area contributed by atoms with Gasteiger partial charge in [0.2, 0.25) is 0 Å². The van der Waals surface area contributed by atoms with Crippen molar-refractivity contribution in [3.8, 4) is 0 Å². The molecule has 1 N–H and O–H groups in total. The Kier molecular flexibility index (Phi) is 4.40. The van der Waals surface area contributed by atoms with Crippen molar-refractivity contribution in [1.82, 2.24) is 15.3 Å². The Balaban J connectivity index is 2.03. The van der Waals surface area contributed by atoms with Crippen molar-refractivity contribution in [3.05, 3.63) is 18.1 Å². The minimum atomic E-state index is 0.379. The molecule has 2 heterocycles. The molecule has 1 aromatic rings. The maximum atomic E-state index is 4.71. The average Bonchev–Trinajstić information content (AvgIpc) is 2.86. The number of anilines is 1. The van der Waals surface area contributed by atoms with Crippen LogP contribution in [0.25, 0.3) is 0 Å². The van der Waals surface area contributed by atoms with Gasteiger partial charge in [0.25, 0.3) is 0 Å². The molecule has 0 aliphatic carbocycles. The molecular weight excluding hydrogens is 236 g/mol. The monoisotopic (exact) mass is 262 g/mol. The normalized spacial score (nSPS) is 20.0. The molecule has 0 radical (unpaired) electrons. The van der Waals surface area contributed by atoms with Crippen LogP contribution in [0.4, 0.5) is 5.82 Å². The zero-order valence-corrected chi connectivity index (χ0v) is 12.6. The number of rotatable bonds is 4. The molecule has 1 fully saturated rings. The molecule has 4 heteroatoms. The molecule has 0 aromatic carbocycles. The maximum absolute atomic E-state index is 4.71. The minimum absolute atomic E-state index is 0.379. The Labute approximate surface area is 116 Å². The lowest BCUT2D eigenvalue weighted by atomic mass is 9.80. The summed E-state index contributed by atoms with van der Waals surface area (Å²) in [7, 11) is 0. The van der Waals surface area contributed by atoms with Gasteiger partial charge in [0.05, 0.1) is 11.9 Å². The van der Waals surface area contributed by atoms with E-state index in [1.807, 2.05) is 12.4 Å². The first kappa shape index (κ1) is 14.3. The van der Waals surface area contributed by atoms with Crippen molar-refractivity contribution in [3.63, 3.8) is 0 Å². The van der Waals surface area contributed by atoms with Crippen molar-refractivity contribution >= 4 is 5.82 Å². The second-order valence-electron chi connectivity index (χ2n) is 6.45. The van der Waals surface area contributed by atoms with E-state index >= 15 is 0 Å². The number of nitrogens with one attached hydrogen (secondary N) is 1. The first-order valence-corrected chi connectivity index (χ1v) is 7.27. The molecule has 4 nitrogen and oxygen atoms in total. The Bertz CT molecular complexity index is 411. The predicted molar refractivity (Wildman–Crippen MR) is 79.2 cm³/mol. The fraction of sp³-hybridized carbons (Fsp3) is 0.733. The summed E-state index contributed by atoms with van der Waals surface area (Å²) < 4.78 is 0. The van der Waals surface area contributed by atoms with Gasteiger partial charge in [-0.3, -0.25) is 4.98 Å².